The molecule has 27 heavy (non-hydrogen) atoms. The lowest BCUT2D eigenvalue weighted by Gasteiger charge is -2.42. The number of amides is 3. The lowest BCUT2D eigenvalue weighted by atomic mass is 9.84. The van der Waals surface area contributed by atoms with Gasteiger partial charge in [0.2, 0.25) is 17.7 Å². The Balaban J connectivity index is 1.87. The van der Waals surface area contributed by atoms with Crippen LogP contribution in [0.1, 0.15) is 67.2 Å². The second kappa shape index (κ2) is 8.61. The fourth-order valence-corrected chi connectivity index (χ4v) is 3.97. The van der Waals surface area contributed by atoms with Crippen molar-refractivity contribution in [1.29, 1.82) is 0 Å². The van der Waals surface area contributed by atoms with Crippen LogP contribution in [0.3, 0.4) is 0 Å². The topological polar surface area (TPSA) is 69.7 Å². The Morgan fingerprint density at radius 3 is 2.22 bits per heavy atom. The van der Waals surface area contributed by atoms with Gasteiger partial charge in [0.15, 0.2) is 0 Å². The Morgan fingerprint density at radius 2 is 1.70 bits per heavy atom. The first-order valence-corrected chi connectivity index (χ1v) is 10.4. The fraction of sp³-hybridized carbons (Fsp3) is 0.857. The Hall–Kier alpha value is -1.59. The Kier molecular flexibility index (Phi) is 6.92. The highest BCUT2D eigenvalue weighted by Gasteiger charge is 2.38. The molecule has 1 aliphatic heterocycles. The first kappa shape index (κ1) is 21.7. The summed E-state index contributed by atoms with van der Waals surface area (Å²) in [6.45, 7) is 13.8. The van der Waals surface area contributed by atoms with Crippen LogP contribution in [-0.4, -0.2) is 59.2 Å². The van der Waals surface area contributed by atoms with Crippen molar-refractivity contribution in [3.8, 4) is 0 Å². The highest BCUT2D eigenvalue weighted by molar-refractivity contribution is 5.89. The van der Waals surface area contributed by atoms with E-state index in [0.717, 1.165) is 32.2 Å². The highest BCUT2D eigenvalue weighted by Crippen LogP contribution is 2.28. The average Bonchev–Trinajstić information content (AvgIpc) is 2.58. The Bertz CT molecular complexity index is 560. The second-order valence-electron chi connectivity index (χ2n) is 9.66. The SMILES string of the molecule is CC(C)CN1CCN(C(=O)C2CCC(NC(=O)C(C)(C)C)CC2)C(C)C1=O. The van der Waals surface area contributed by atoms with Gasteiger partial charge in [-0.2, -0.15) is 0 Å². The van der Waals surface area contributed by atoms with Crippen molar-refractivity contribution in [2.24, 2.45) is 17.3 Å². The molecule has 1 saturated heterocycles. The second-order valence-corrected chi connectivity index (χ2v) is 9.66. The van der Waals surface area contributed by atoms with Crippen LogP contribution in [0, 0.1) is 17.3 Å². The van der Waals surface area contributed by atoms with Crippen molar-refractivity contribution in [1.82, 2.24) is 15.1 Å². The van der Waals surface area contributed by atoms with Crippen molar-refractivity contribution >= 4 is 17.7 Å². The average molecular weight is 380 g/mol. The number of nitrogens with zero attached hydrogens (tertiary/aromatic N) is 2. The number of hydrogen-bond donors (Lipinski definition) is 1. The van der Waals surface area contributed by atoms with Gasteiger partial charge >= 0.3 is 0 Å². The third-order valence-corrected chi connectivity index (χ3v) is 5.71. The van der Waals surface area contributed by atoms with Gasteiger partial charge < -0.3 is 15.1 Å². The summed E-state index contributed by atoms with van der Waals surface area (Å²) in [5.74, 6) is 0.648. The third-order valence-electron chi connectivity index (χ3n) is 5.71. The molecule has 1 aliphatic carbocycles. The summed E-state index contributed by atoms with van der Waals surface area (Å²) in [5, 5.41) is 3.11. The van der Waals surface area contributed by atoms with Crippen molar-refractivity contribution in [2.45, 2.75) is 79.3 Å². The smallest absolute Gasteiger partial charge is 0.245 e. The van der Waals surface area contributed by atoms with Gasteiger partial charge in [0, 0.05) is 37.0 Å². The molecule has 1 N–H and O–H groups in total. The lowest BCUT2D eigenvalue weighted by Crippen LogP contribution is -2.59. The fourth-order valence-electron chi connectivity index (χ4n) is 3.97. The largest absolute Gasteiger partial charge is 0.353 e. The zero-order valence-electron chi connectivity index (χ0n) is 17.9. The van der Waals surface area contributed by atoms with E-state index in [1.165, 1.54) is 0 Å². The van der Waals surface area contributed by atoms with E-state index < -0.39 is 5.41 Å². The summed E-state index contributed by atoms with van der Waals surface area (Å²) >= 11 is 0. The van der Waals surface area contributed by atoms with E-state index in [0.29, 0.717) is 19.0 Å². The van der Waals surface area contributed by atoms with E-state index in [2.05, 4.69) is 19.2 Å². The van der Waals surface area contributed by atoms with Crippen molar-refractivity contribution in [3.63, 3.8) is 0 Å². The number of rotatable bonds is 4. The Labute approximate surface area is 164 Å². The summed E-state index contributed by atoms with van der Waals surface area (Å²) in [7, 11) is 0. The van der Waals surface area contributed by atoms with Gasteiger partial charge in [-0.05, 0) is 38.5 Å². The maximum absolute atomic E-state index is 13.0. The molecule has 154 valence electrons. The summed E-state index contributed by atoms with van der Waals surface area (Å²) in [4.78, 5) is 41.4. The van der Waals surface area contributed by atoms with Crippen LogP contribution >= 0.6 is 0 Å². The van der Waals surface area contributed by atoms with E-state index in [1.807, 2.05) is 32.6 Å². The molecule has 0 radical (unpaired) electrons. The summed E-state index contributed by atoms with van der Waals surface area (Å²) in [6, 6.07) is -0.217. The van der Waals surface area contributed by atoms with Crippen LogP contribution < -0.4 is 5.32 Å². The zero-order valence-corrected chi connectivity index (χ0v) is 17.9. The van der Waals surface area contributed by atoms with Gasteiger partial charge in [0.25, 0.3) is 0 Å². The number of nitrogens with one attached hydrogen (secondary N) is 1. The maximum atomic E-state index is 13.0. The monoisotopic (exact) mass is 379 g/mol. The summed E-state index contributed by atoms with van der Waals surface area (Å²) in [6.07, 6.45) is 3.21. The van der Waals surface area contributed by atoms with Crippen molar-refractivity contribution < 1.29 is 14.4 Å². The summed E-state index contributed by atoms with van der Waals surface area (Å²) < 4.78 is 0. The molecule has 2 rings (SSSR count). The minimum Gasteiger partial charge on any atom is -0.353 e. The first-order chi connectivity index (χ1) is 12.5. The van der Waals surface area contributed by atoms with Gasteiger partial charge in [-0.1, -0.05) is 34.6 Å². The molecule has 0 aromatic heterocycles. The Morgan fingerprint density at radius 1 is 1.11 bits per heavy atom. The molecule has 1 heterocycles. The molecule has 2 fully saturated rings. The molecule has 0 aromatic rings. The third kappa shape index (κ3) is 5.45. The van der Waals surface area contributed by atoms with Gasteiger partial charge in [0.05, 0.1) is 0 Å². The van der Waals surface area contributed by atoms with Crippen LogP contribution in [0.2, 0.25) is 0 Å². The standard InChI is InChI=1S/C21H37N3O3/c1-14(2)13-23-11-12-24(15(3)18(23)25)19(26)16-7-9-17(10-8-16)22-20(27)21(4,5)6/h14-17H,7-13H2,1-6H3,(H,22,27). The molecule has 2 aliphatic rings. The molecule has 0 bridgehead atoms. The number of carbonyl (C=O) groups excluding carboxylic acids is 3. The molecule has 1 atom stereocenters. The number of hydrogen-bond acceptors (Lipinski definition) is 3. The lowest BCUT2D eigenvalue weighted by molar-refractivity contribution is -0.153. The molecule has 3 amide bonds. The zero-order chi connectivity index (χ0) is 20.4. The molecule has 1 unspecified atom stereocenters. The minimum absolute atomic E-state index is 0.0281. The predicted molar refractivity (Wildman–Crippen MR) is 106 cm³/mol. The van der Waals surface area contributed by atoms with E-state index in [9.17, 15) is 14.4 Å². The summed E-state index contributed by atoms with van der Waals surface area (Å²) in [5.41, 5.74) is -0.391. The highest BCUT2D eigenvalue weighted by atomic mass is 16.2. The number of carbonyl (C=O) groups is 3. The van der Waals surface area contributed by atoms with Gasteiger partial charge in [0.1, 0.15) is 6.04 Å². The number of piperazine rings is 1. The van der Waals surface area contributed by atoms with E-state index in [1.54, 1.807) is 4.90 Å². The molecule has 1 saturated carbocycles. The molecule has 6 nitrogen and oxygen atoms in total. The predicted octanol–water partition coefficient (Wildman–Crippen LogP) is 2.42. The van der Waals surface area contributed by atoms with Crippen LogP contribution in [0.25, 0.3) is 0 Å². The first-order valence-electron chi connectivity index (χ1n) is 10.4. The maximum Gasteiger partial charge on any atom is 0.245 e. The van der Waals surface area contributed by atoms with Crippen LogP contribution in [0.15, 0.2) is 0 Å². The molecule has 6 heteroatoms. The van der Waals surface area contributed by atoms with E-state index in [-0.39, 0.29) is 35.7 Å². The van der Waals surface area contributed by atoms with Gasteiger partial charge in [-0.3, -0.25) is 14.4 Å². The molecule has 0 aromatic carbocycles. The van der Waals surface area contributed by atoms with Crippen LogP contribution in [0.5, 0.6) is 0 Å². The van der Waals surface area contributed by atoms with Gasteiger partial charge in [-0.15, -0.1) is 0 Å². The normalized spacial score (nSPS) is 27.1. The van der Waals surface area contributed by atoms with Crippen molar-refractivity contribution in [2.75, 3.05) is 19.6 Å². The van der Waals surface area contributed by atoms with E-state index >= 15 is 0 Å². The van der Waals surface area contributed by atoms with Crippen LogP contribution in [-0.2, 0) is 14.4 Å². The van der Waals surface area contributed by atoms with E-state index in [4.69, 9.17) is 0 Å². The quantitative estimate of drug-likeness (QED) is 0.815. The van der Waals surface area contributed by atoms with Crippen LogP contribution in [0.4, 0.5) is 0 Å². The molecular formula is C21H37N3O3. The molecule has 0 spiro atoms. The van der Waals surface area contributed by atoms with Crippen molar-refractivity contribution in [3.05, 3.63) is 0 Å². The van der Waals surface area contributed by atoms with Gasteiger partial charge in [-0.25, -0.2) is 0 Å². The molecular weight excluding hydrogens is 342 g/mol. The minimum atomic E-state index is -0.391.